The van der Waals surface area contributed by atoms with Gasteiger partial charge < -0.3 is 10.3 Å². The molecule has 0 saturated carbocycles. The summed E-state index contributed by atoms with van der Waals surface area (Å²) in [4.78, 5) is 0. The number of anilines is 1. The number of benzene rings is 1. The van der Waals surface area contributed by atoms with Crippen LogP contribution >= 0.6 is 15.9 Å². The Bertz CT molecular complexity index is 431. The van der Waals surface area contributed by atoms with Crippen molar-refractivity contribution >= 4 is 32.5 Å². The Labute approximate surface area is 79.1 Å². The smallest absolute Gasteiger partial charge is 0.0722 e. The van der Waals surface area contributed by atoms with Crippen molar-refractivity contribution in [3.05, 3.63) is 28.9 Å². The standard InChI is InChI=1S/C9H9BrN2/c1-12-5-4-6-2-3-7(10)8(11)9(6)12/h2-5H,11H2,1H3. The van der Waals surface area contributed by atoms with Crippen LogP contribution in [0, 0.1) is 0 Å². The number of nitrogen functional groups attached to an aromatic ring is 1. The van der Waals surface area contributed by atoms with Crippen LogP contribution in [0.3, 0.4) is 0 Å². The minimum absolute atomic E-state index is 0.806. The molecule has 0 bridgehead atoms. The van der Waals surface area contributed by atoms with E-state index in [1.54, 1.807) is 0 Å². The molecule has 0 unspecified atom stereocenters. The molecule has 1 heterocycles. The molecule has 0 fully saturated rings. The molecule has 0 amide bonds. The predicted octanol–water partition coefficient (Wildman–Crippen LogP) is 2.52. The predicted molar refractivity (Wildman–Crippen MR) is 55.0 cm³/mol. The maximum absolute atomic E-state index is 5.90. The van der Waals surface area contributed by atoms with Crippen LogP contribution in [-0.4, -0.2) is 4.57 Å². The Kier molecular flexibility index (Phi) is 1.61. The fraction of sp³-hybridized carbons (Fsp3) is 0.111. The van der Waals surface area contributed by atoms with Crippen LogP contribution in [0.25, 0.3) is 10.9 Å². The fourth-order valence-electron chi connectivity index (χ4n) is 1.40. The molecule has 2 nitrogen and oxygen atoms in total. The van der Waals surface area contributed by atoms with E-state index in [-0.39, 0.29) is 0 Å². The Morgan fingerprint density at radius 3 is 2.83 bits per heavy atom. The van der Waals surface area contributed by atoms with Crippen molar-refractivity contribution in [2.24, 2.45) is 7.05 Å². The maximum Gasteiger partial charge on any atom is 0.0722 e. The lowest BCUT2D eigenvalue weighted by molar-refractivity contribution is 0.970. The van der Waals surface area contributed by atoms with Crippen LogP contribution in [-0.2, 0) is 7.05 Å². The molecule has 0 radical (unpaired) electrons. The first-order chi connectivity index (χ1) is 5.70. The largest absolute Gasteiger partial charge is 0.396 e. The zero-order chi connectivity index (χ0) is 8.72. The minimum atomic E-state index is 0.806. The molecule has 3 heteroatoms. The first kappa shape index (κ1) is 7.68. The number of hydrogen-bond acceptors (Lipinski definition) is 1. The van der Waals surface area contributed by atoms with Gasteiger partial charge in [0, 0.05) is 23.1 Å². The zero-order valence-corrected chi connectivity index (χ0v) is 8.30. The highest BCUT2D eigenvalue weighted by Gasteiger charge is 2.04. The van der Waals surface area contributed by atoms with E-state index in [0.29, 0.717) is 0 Å². The third kappa shape index (κ3) is 0.932. The lowest BCUT2D eigenvalue weighted by Gasteiger charge is -2.02. The summed E-state index contributed by atoms with van der Waals surface area (Å²) in [5, 5.41) is 1.18. The molecule has 0 saturated heterocycles. The van der Waals surface area contributed by atoms with Gasteiger partial charge in [-0.15, -0.1) is 0 Å². The van der Waals surface area contributed by atoms with Gasteiger partial charge in [-0.05, 0) is 28.1 Å². The molecular formula is C9H9BrN2. The van der Waals surface area contributed by atoms with E-state index in [2.05, 4.69) is 28.1 Å². The van der Waals surface area contributed by atoms with E-state index in [9.17, 15) is 0 Å². The second-order valence-electron chi connectivity index (χ2n) is 2.83. The lowest BCUT2D eigenvalue weighted by atomic mass is 10.2. The van der Waals surface area contributed by atoms with E-state index in [1.807, 2.05) is 23.9 Å². The Morgan fingerprint density at radius 2 is 2.08 bits per heavy atom. The first-order valence-electron chi connectivity index (χ1n) is 3.69. The molecule has 62 valence electrons. The number of rotatable bonds is 0. The third-order valence-corrected chi connectivity index (χ3v) is 2.72. The zero-order valence-electron chi connectivity index (χ0n) is 6.71. The number of fused-ring (bicyclic) bond motifs is 1. The Balaban J connectivity index is 2.96. The molecule has 0 spiro atoms. The molecule has 1 aromatic heterocycles. The molecule has 2 N–H and O–H groups in total. The van der Waals surface area contributed by atoms with Crippen molar-refractivity contribution < 1.29 is 0 Å². The van der Waals surface area contributed by atoms with Crippen LogP contribution in [0.4, 0.5) is 5.69 Å². The summed E-state index contributed by atoms with van der Waals surface area (Å²) in [7, 11) is 1.99. The van der Waals surface area contributed by atoms with Gasteiger partial charge in [0.2, 0.25) is 0 Å². The van der Waals surface area contributed by atoms with Crippen LogP contribution in [0.5, 0.6) is 0 Å². The number of aryl methyl sites for hydroxylation is 1. The van der Waals surface area contributed by atoms with E-state index in [1.165, 1.54) is 5.39 Å². The van der Waals surface area contributed by atoms with Crippen LogP contribution in [0.2, 0.25) is 0 Å². The van der Waals surface area contributed by atoms with Gasteiger partial charge in [0.1, 0.15) is 0 Å². The van der Waals surface area contributed by atoms with E-state index < -0.39 is 0 Å². The first-order valence-corrected chi connectivity index (χ1v) is 4.48. The highest BCUT2D eigenvalue weighted by molar-refractivity contribution is 9.10. The van der Waals surface area contributed by atoms with Gasteiger partial charge in [0.05, 0.1) is 11.2 Å². The second-order valence-corrected chi connectivity index (χ2v) is 3.68. The monoisotopic (exact) mass is 224 g/mol. The van der Waals surface area contributed by atoms with E-state index in [4.69, 9.17) is 5.73 Å². The summed E-state index contributed by atoms with van der Waals surface area (Å²) in [6, 6.07) is 6.07. The van der Waals surface area contributed by atoms with Gasteiger partial charge in [-0.2, -0.15) is 0 Å². The third-order valence-electron chi connectivity index (χ3n) is 2.03. The van der Waals surface area contributed by atoms with E-state index >= 15 is 0 Å². The molecule has 12 heavy (non-hydrogen) atoms. The summed E-state index contributed by atoms with van der Waals surface area (Å²) in [6.07, 6.45) is 2.01. The number of halogens is 1. The number of nitrogens with two attached hydrogens (primary N) is 1. The number of hydrogen-bond donors (Lipinski definition) is 1. The van der Waals surface area contributed by atoms with E-state index in [0.717, 1.165) is 15.7 Å². The van der Waals surface area contributed by atoms with Crippen molar-refractivity contribution in [3.8, 4) is 0 Å². The lowest BCUT2D eigenvalue weighted by Crippen LogP contribution is -1.92. The average molecular weight is 225 g/mol. The average Bonchev–Trinajstić information content (AvgIpc) is 2.41. The number of aromatic nitrogens is 1. The highest BCUT2D eigenvalue weighted by Crippen LogP contribution is 2.28. The van der Waals surface area contributed by atoms with Gasteiger partial charge in [-0.3, -0.25) is 0 Å². The van der Waals surface area contributed by atoms with Crippen molar-refractivity contribution in [1.82, 2.24) is 4.57 Å². The maximum atomic E-state index is 5.90. The fourth-order valence-corrected chi connectivity index (χ4v) is 1.71. The summed E-state index contributed by atoms with van der Waals surface area (Å²) < 4.78 is 2.98. The second kappa shape index (κ2) is 2.52. The molecule has 0 atom stereocenters. The molecular weight excluding hydrogens is 216 g/mol. The van der Waals surface area contributed by atoms with Crippen molar-refractivity contribution in [2.75, 3.05) is 5.73 Å². The normalized spacial score (nSPS) is 10.8. The van der Waals surface area contributed by atoms with Crippen LogP contribution < -0.4 is 5.73 Å². The molecule has 1 aromatic carbocycles. The molecule has 0 aliphatic heterocycles. The van der Waals surface area contributed by atoms with Gasteiger partial charge in [-0.25, -0.2) is 0 Å². The summed E-state index contributed by atoms with van der Waals surface area (Å²) in [6.45, 7) is 0. The molecule has 0 aliphatic rings. The molecule has 0 aliphatic carbocycles. The summed E-state index contributed by atoms with van der Waals surface area (Å²) >= 11 is 3.40. The van der Waals surface area contributed by atoms with Crippen molar-refractivity contribution in [2.45, 2.75) is 0 Å². The van der Waals surface area contributed by atoms with Gasteiger partial charge in [0.15, 0.2) is 0 Å². The quantitative estimate of drug-likeness (QED) is 0.686. The van der Waals surface area contributed by atoms with Crippen molar-refractivity contribution in [1.29, 1.82) is 0 Å². The van der Waals surface area contributed by atoms with Crippen molar-refractivity contribution in [3.63, 3.8) is 0 Å². The summed E-state index contributed by atoms with van der Waals surface area (Å²) in [5.41, 5.74) is 7.79. The van der Waals surface area contributed by atoms with Gasteiger partial charge >= 0.3 is 0 Å². The Morgan fingerprint density at radius 1 is 1.33 bits per heavy atom. The van der Waals surface area contributed by atoms with Crippen LogP contribution in [0.15, 0.2) is 28.9 Å². The van der Waals surface area contributed by atoms with Gasteiger partial charge in [-0.1, -0.05) is 6.07 Å². The minimum Gasteiger partial charge on any atom is -0.396 e. The molecule has 2 rings (SSSR count). The molecule has 2 aromatic rings. The SMILES string of the molecule is Cn1ccc2ccc(Br)c(N)c21. The van der Waals surface area contributed by atoms with Crippen LogP contribution in [0.1, 0.15) is 0 Å². The number of nitrogens with zero attached hydrogens (tertiary/aromatic N) is 1. The Hall–Kier alpha value is -0.960. The highest BCUT2D eigenvalue weighted by atomic mass is 79.9. The topological polar surface area (TPSA) is 30.9 Å². The summed E-state index contributed by atoms with van der Waals surface area (Å²) in [5.74, 6) is 0. The van der Waals surface area contributed by atoms with Gasteiger partial charge in [0.25, 0.3) is 0 Å².